The van der Waals surface area contributed by atoms with Crippen LogP contribution in [0.1, 0.15) is 79.2 Å². The first-order valence-electron chi connectivity index (χ1n) is 13.0. The van der Waals surface area contributed by atoms with Crippen LogP contribution in [-0.4, -0.2) is 48.2 Å². The molecule has 0 radical (unpaired) electrons. The molecule has 36 heavy (non-hydrogen) atoms. The average Bonchev–Trinajstić information content (AvgIpc) is 2.84. The molecule has 6 nitrogen and oxygen atoms in total. The van der Waals surface area contributed by atoms with Gasteiger partial charge in [0, 0.05) is 33.0 Å². The molecule has 0 aromatic heterocycles. The molecule has 3 rings (SSSR count). The summed E-state index contributed by atoms with van der Waals surface area (Å²) in [6.45, 7) is 7.98. The standard InChI is InChI=1S/C29H38IN3O3/c1-4-13-33-14-11-23(15-22-7-9-26(30)10-8-22)16-28(33)6-5-12-31-29(36)32-27-18-24(20(2)34)17-25(19-27)21(3)35/h7-10,17-19,23,28H,4-6,11-16H2,1-3H3,(H2,31,32,36)/t23-,28-/m0/s1. The Labute approximate surface area is 228 Å². The quantitative estimate of drug-likeness (QED) is 0.179. The van der Waals surface area contributed by atoms with E-state index < -0.39 is 0 Å². The Morgan fingerprint density at radius 2 is 1.69 bits per heavy atom. The van der Waals surface area contributed by atoms with E-state index in [1.807, 2.05) is 0 Å². The number of carbonyl (C=O) groups excluding carboxylic acids is 3. The van der Waals surface area contributed by atoms with Crippen LogP contribution >= 0.6 is 22.6 Å². The predicted octanol–water partition coefficient (Wildman–Crippen LogP) is 6.33. The molecule has 0 spiro atoms. The van der Waals surface area contributed by atoms with Gasteiger partial charge in [0.25, 0.3) is 0 Å². The second-order valence-electron chi connectivity index (χ2n) is 9.85. The molecule has 2 N–H and O–H groups in total. The van der Waals surface area contributed by atoms with Crippen LogP contribution in [-0.2, 0) is 6.42 Å². The van der Waals surface area contributed by atoms with Gasteiger partial charge in [0.1, 0.15) is 0 Å². The second-order valence-corrected chi connectivity index (χ2v) is 11.1. The summed E-state index contributed by atoms with van der Waals surface area (Å²) in [4.78, 5) is 38.7. The number of hydrogen-bond donors (Lipinski definition) is 2. The van der Waals surface area contributed by atoms with E-state index in [9.17, 15) is 14.4 Å². The van der Waals surface area contributed by atoms with Gasteiger partial charge in [-0.2, -0.15) is 0 Å². The zero-order chi connectivity index (χ0) is 26.1. The molecular weight excluding hydrogens is 565 g/mol. The Bertz CT molecular complexity index is 1020. The number of piperidine rings is 1. The SMILES string of the molecule is CCCN1CC[C@@H](Cc2ccc(I)cc2)C[C@@H]1CCCNC(=O)Nc1cc(C(C)=O)cc(C(C)=O)c1. The van der Waals surface area contributed by atoms with Gasteiger partial charge >= 0.3 is 6.03 Å². The lowest BCUT2D eigenvalue weighted by atomic mass is 9.84. The van der Waals surface area contributed by atoms with Crippen molar-refractivity contribution in [2.24, 2.45) is 5.92 Å². The monoisotopic (exact) mass is 603 g/mol. The molecule has 1 saturated heterocycles. The topological polar surface area (TPSA) is 78.5 Å². The summed E-state index contributed by atoms with van der Waals surface area (Å²) < 4.78 is 1.27. The molecule has 1 fully saturated rings. The number of carbonyl (C=O) groups is 3. The third-order valence-corrected chi connectivity index (χ3v) is 7.62. The minimum Gasteiger partial charge on any atom is -0.338 e. The van der Waals surface area contributed by atoms with Gasteiger partial charge < -0.3 is 15.5 Å². The van der Waals surface area contributed by atoms with E-state index in [-0.39, 0.29) is 17.6 Å². The van der Waals surface area contributed by atoms with Crippen LogP contribution in [0.5, 0.6) is 0 Å². The fraction of sp³-hybridized carbons (Fsp3) is 0.483. The Kier molecular flexibility index (Phi) is 10.9. The molecule has 2 atom stereocenters. The number of halogens is 1. The minimum atomic E-state index is -0.323. The number of nitrogens with zero attached hydrogens (tertiary/aromatic N) is 1. The fourth-order valence-corrected chi connectivity index (χ4v) is 5.38. The highest BCUT2D eigenvalue weighted by Gasteiger charge is 2.27. The highest BCUT2D eigenvalue weighted by molar-refractivity contribution is 14.1. The number of benzene rings is 2. The van der Waals surface area contributed by atoms with Crippen molar-refractivity contribution in [2.75, 3.05) is 25.0 Å². The Hall–Kier alpha value is -2.26. The van der Waals surface area contributed by atoms with Crippen molar-refractivity contribution in [3.05, 3.63) is 62.7 Å². The first-order valence-corrected chi connectivity index (χ1v) is 14.0. The van der Waals surface area contributed by atoms with E-state index in [0.717, 1.165) is 38.8 Å². The number of urea groups is 1. The first kappa shape index (κ1) is 28.3. The van der Waals surface area contributed by atoms with E-state index in [4.69, 9.17) is 0 Å². The van der Waals surface area contributed by atoms with E-state index in [2.05, 4.69) is 69.3 Å². The van der Waals surface area contributed by atoms with Crippen LogP contribution in [0.15, 0.2) is 42.5 Å². The maximum atomic E-state index is 12.5. The number of hydrogen-bond acceptors (Lipinski definition) is 4. The molecule has 2 aromatic carbocycles. The Morgan fingerprint density at radius 1 is 1.03 bits per heavy atom. The maximum Gasteiger partial charge on any atom is 0.319 e. The molecule has 1 heterocycles. The average molecular weight is 604 g/mol. The van der Waals surface area contributed by atoms with Crippen molar-refractivity contribution in [1.82, 2.24) is 10.2 Å². The van der Waals surface area contributed by atoms with Crippen molar-refractivity contribution in [3.8, 4) is 0 Å². The van der Waals surface area contributed by atoms with Crippen molar-refractivity contribution in [2.45, 2.75) is 65.3 Å². The summed E-state index contributed by atoms with van der Waals surface area (Å²) >= 11 is 2.35. The van der Waals surface area contributed by atoms with Crippen LogP contribution in [0.2, 0.25) is 0 Å². The maximum absolute atomic E-state index is 12.5. The smallest absolute Gasteiger partial charge is 0.319 e. The Balaban J connectivity index is 1.49. The third-order valence-electron chi connectivity index (χ3n) is 6.90. The summed E-state index contributed by atoms with van der Waals surface area (Å²) in [5.74, 6) is 0.403. The minimum absolute atomic E-state index is 0.147. The van der Waals surface area contributed by atoms with E-state index in [1.165, 1.54) is 35.8 Å². The molecule has 2 amide bonds. The predicted molar refractivity (Wildman–Crippen MR) is 154 cm³/mol. The highest BCUT2D eigenvalue weighted by Crippen LogP contribution is 2.29. The van der Waals surface area contributed by atoms with Crippen LogP contribution in [0, 0.1) is 9.49 Å². The van der Waals surface area contributed by atoms with Gasteiger partial charge in [0.05, 0.1) is 0 Å². The summed E-state index contributed by atoms with van der Waals surface area (Å²) in [6.07, 6.45) is 6.68. The summed E-state index contributed by atoms with van der Waals surface area (Å²) in [7, 11) is 0. The lowest BCUT2D eigenvalue weighted by Crippen LogP contribution is -2.43. The van der Waals surface area contributed by atoms with Gasteiger partial charge in [-0.05, 0) is 130 Å². The van der Waals surface area contributed by atoms with Crippen LogP contribution in [0.25, 0.3) is 0 Å². The van der Waals surface area contributed by atoms with Crippen LogP contribution in [0.4, 0.5) is 10.5 Å². The zero-order valence-electron chi connectivity index (χ0n) is 21.6. The molecule has 0 aliphatic carbocycles. The van der Waals surface area contributed by atoms with E-state index in [0.29, 0.717) is 35.3 Å². The highest BCUT2D eigenvalue weighted by atomic mass is 127. The second kappa shape index (κ2) is 13.9. The van der Waals surface area contributed by atoms with Crippen molar-refractivity contribution in [1.29, 1.82) is 0 Å². The van der Waals surface area contributed by atoms with Gasteiger partial charge in [0.2, 0.25) is 0 Å². The molecular formula is C29H38IN3O3. The lowest BCUT2D eigenvalue weighted by molar-refractivity contribution is 0.101. The fourth-order valence-electron chi connectivity index (χ4n) is 5.03. The zero-order valence-corrected chi connectivity index (χ0v) is 23.8. The summed E-state index contributed by atoms with van der Waals surface area (Å²) in [5.41, 5.74) is 2.69. The lowest BCUT2D eigenvalue weighted by Gasteiger charge is -2.40. The largest absolute Gasteiger partial charge is 0.338 e. The molecule has 0 unspecified atom stereocenters. The number of rotatable bonds is 11. The molecule has 0 saturated carbocycles. The molecule has 1 aliphatic heterocycles. The van der Waals surface area contributed by atoms with Crippen molar-refractivity contribution >= 4 is 45.9 Å². The van der Waals surface area contributed by atoms with E-state index >= 15 is 0 Å². The van der Waals surface area contributed by atoms with Gasteiger partial charge in [-0.3, -0.25) is 9.59 Å². The molecule has 2 aromatic rings. The van der Waals surface area contributed by atoms with Gasteiger partial charge in [-0.1, -0.05) is 19.1 Å². The van der Waals surface area contributed by atoms with Gasteiger partial charge in [-0.25, -0.2) is 4.79 Å². The number of nitrogens with one attached hydrogen (secondary N) is 2. The number of anilines is 1. The van der Waals surface area contributed by atoms with Crippen molar-refractivity contribution in [3.63, 3.8) is 0 Å². The number of amides is 2. The molecule has 1 aliphatic rings. The normalized spacial score (nSPS) is 18.0. The van der Waals surface area contributed by atoms with Crippen LogP contribution < -0.4 is 10.6 Å². The molecule has 0 bridgehead atoms. The number of ketones is 2. The summed E-state index contributed by atoms with van der Waals surface area (Å²) in [6, 6.07) is 13.9. The van der Waals surface area contributed by atoms with Crippen LogP contribution in [0.3, 0.4) is 0 Å². The number of likely N-dealkylation sites (tertiary alicyclic amines) is 1. The third kappa shape index (κ3) is 8.69. The number of Topliss-reactive ketones (excluding diaryl/α,β-unsaturated/α-hetero) is 2. The van der Waals surface area contributed by atoms with Gasteiger partial charge in [0.15, 0.2) is 11.6 Å². The first-order chi connectivity index (χ1) is 17.2. The van der Waals surface area contributed by atoms with E-state index in [1.54, 1.807) is 18.2 Å². The van der Waals surface area contributed by atoms with Gasteiger partial charge in [-0.15, -0.1) is 0 Å². The summed E-state index contributed by atoms with van der Waals surface area (Å²) in [5, 5.41) is 5.70. The molecule has 7 heteroatoms. The molecule has 194 valence electrons. The van der Waals surface area contributed by atoms with Crippen molar-refractivity contribution < 1.29 is 14.4 Å². The Morgan fingerprint density at radius 3 is 2.31 bits per heavy atom.